The number of hydrogen-bond acceptors (Lipinski definition) is 6. The molecule has 0 N–H and O–H groups in total. The van der Waals surface area contributed by atoms with E-state index in [1.807, 2.05) is 0 Å². The average molecular weight is 305 g/mol. The number of fused-ring (bicyclic) bond motifs is 1. The van der Waals surface area contributed by atoms with Crippen LogP contribution < -0.4 is 5.56 Å². The number of nitrogens with zero attached hydrogens (tertiary/aromatic N) is 3. The van der Waals surface area contributed by atoms with Crippen LogP contribution in [0.5, 0.6) is 0 Å². The number of aromatic nitrogens is 2. The van der Waals surface area contributed by atoms with Gasteiger partial charge in [-0.25, -0.2) is 4.98 Å². The summed E-state index contributed by atoms with van der Waals surface area (Å²) in [5.74, 6) is 0.0311. The lowest BCUT2D eigenvalue weighted by atomic mass is 10.2. The predicted molar refractivity (Wildman–Crippen MR) is 78.6 cm³/mol. The Labute approximate surface area is 125 Å². The van der Waals surface area contributed by atoms with Gasteiger partial charge >= 0.3 is 5.97 Å². The predicted octanol–water partition coefficient (Wildman–Crippen LogP) is 1.57. The number of rotatable bonds is 5. The molecule has 0 aliphatic carbocycles. The average Bonchev–Trinajstić information content (AvgIpc) is 2.46. The van der Waals surface area contributed by atoms with E-state index in [1.165, 1.54) is 22.8 Å². The lowest BCUT2D eigenvalue weighted by Crippen LogP contribution is -2.25. The summed E-state index contributed by atoms with van der Waals surface area (Å²) in [6.07, 6.45) is 0.0384. The summed E-state index contributed by atoms with van der Waals surface area (Å²) in [5, 5.41) is 11.0. The molecule has 22 heavy (non-hydrogen) atoms. The van der Waals surface area contributed by atoms with Crippen LogP contribution in [0.2, 0.25) is 0 Å². The highest BCUT2D eigenvalue weighted by atomic mass is 16.6. The van der Waals surface area contributed by atoms with E-state index >= 15 is 0 Å². The van der Waals surface area contributed by atoms with Crippen molar-refractivity contribution in [2.45, 2.75) is 26.8 Å². The quantitative estimate of drug-likeness (QED) is 0.471. The van der Waals surface area contributed by atoms with Crippen molar-refractivity contribution in [2.75, 3.05) is 6.61 Å². The fourth-order valence-electron chi connectivity index (χ4n) is 2.13. The molecule has 8 nitrogen and oxygen atoms in total. The molecule has 2 rings (SSSR count). The topological polar surface area (TPSA) is 104 Å². The van der Waals surface area contributed by atoms with Gasteiger partial charge in [0, 0.05) is 18.7 Å². The van der Waals surface area contributed by atoms with Crippen molar-refractivity contribution in [3.05, 3.63) is 44.5 Å². The van der Waals surface area contributed by atoms with Crippen LogP contribution in [0.25, 0.3) is 10.9 Å². The van der Waals surface area contributed by atoms with E-state index in [2.05, 4.69) is 4.98 Å². The maximum Gasteiger partial charge on any atom is 0.307 e. The van der Waals surface area contributed by atoms with Gasteiger partial charge in [-0.3, -0.25) is 24.3 Å². The van der Waals surface area contributed by atoms with Gasteiger partial charge in [-0.05, 0) is 19.9 Å². The lowest BCUT2D eigenvalue weighted by Gasteiger charge is -2.10. The van der Waals surface area contributed by atoms with Gasteiger partial charge < -0.3 is 4.74 Å². The molecule has 1 aromatic heterocycles. The lowest BCUT2D eigenvalue weighted by molar-refractivity contribution is -0.384. The highest BCUT2D eigenvalue weighted by Crippen LogP contribution is 2.17. The number of non-ortho nitro benzene ring substituents is 1. The molecule has 116 valence electrons. The van der Waals surface area contributed by atoms with Crippen molar-refractivity contribution in [1.29, 1.82) is 0 Å². The SMILES string of the molecule is CCOC(=O)CCn1c(C)nc2ccc([N+](=O)[O-])cc2c1=O. The highest BCUT2D eigenvalue weighted by Gasteiger charge is 2.14. The Bertz CT molecular complexity index is 797. The van der Waals surface area contributed by atoms with Crippen LogP contribution in [0.15, 0.2) is 23.0 Å². The van der Waals surface area contributed by atoms with Gasteiger partial charge in [-0.15, -0.1) is 0 Å². The molecule has 0 fully saturated rings. The van der Waals surface area contributed by atoms with Gasteiger partial charge in [0.2, 0.25) is 0 Å². The molecule has 0 bridgehead atoms. The normalized spacial score (nSPS) is 10.6. The van der Waals surface area contributed by atoms with Crippen LogP contribution in [0.4, 0.5) is 5.69 Å². The van der Waals surface area contributed by atoms with Crippen molar-refractivity contribution in [2.24, 2.45) is 0 Å². The summed E-state index contributed by atoms with van der Waals surface area (Å²) in [6.45, 7) is 3.74. The first-order valence-corrected chi connectivity index (χ1v) is 6.75. The van der Waals surface area contributed by atoms with E-state index in [0.717, 1.165) is 0 Å². The van der Waals surface area contributed by atoms with Crippen LogP contribution in [-0.2, 0) is 16.1 Å². The summed E-state index contributed by atoms with van der Waals surface area (Å²) in [4.78, 5) is 38.3. The molecule has 2 aromatic rings. The van der Waals surface area contributed by atoms with Crippen molar-refractivity contribution in [3.8, 4) is 0 Å². The number of ether oxygens (including phenoxy) is 1. The number of nitro benzene ring substituents is 1. The summed E-state index contributed by atoms with van der Waals surface area (Å²) < 4.78 is 6.14. The maximum absolute atomic E-state index is 12.4. The number of hydrogen-bond donors (Lipinski definition) is 0. The number of carbonyl (C=O) groups is 1. The fraction of sp³-hybridized carbons (Fsp3) is 0.357. The molecule has 0 spiro atoms. The van der Waals surface area contributed by atoms with Crippen LogP contribution in [0.1, 0.15) is 19.2 Å². The Balaban J connectivity index is 2.44. The van der Waals surface area contributed by atoms with E-state index in [0.29, 0.717) is 11.3 Å². The Morgan fingerprint density at radius 2 is 2.18 bits per heavy atom. The first kappa shape index (κ1) is 15.6. The monoisotopic (exact) mass is 305 g/mol. The molecule has 0 amide bonds. The van der Waals surface area contributed by atoms with E-state index < -0.39 is 16.5 Å². The van der Waals surface area contributed by atoms with E-state index in [4.69, 9.17) is 4.74 Å². The third kappa shape index (κ3) is 3.11. The van der Waals surface area contributed by atoms with Crippen molar-refractivity contribution >= 4 is 22.6 Å². The Kier molecular flexibility index (Phi) is 4.50. The molecule has 1 heterocycles. The van der Waals surface area contributed by atoms with Crippen molar-refractivity contribution in [1.82, 2.24) is 9.55 Å². The number of aryl methyl sites for hydroxylation is 1. The van der Waals surface area contributed by atoms with Crippen LogP contribution in [0, 0.1) is 17.0 Å². The molecule has 0 aliphatic heterocycles. The molecule has 1 aromatic carbocycles. The molecular formula is C14H15N3O5. The number of esters is 1. The van der Waals surface area contributed by atoms with Gasteiger partial charge in [0.15, 0.2) is 0 Å². The third-order valence-electron chi connectivity index (χ3n) is 3.18. The smallest absolute Gasteiger partial charge is 0.307 e. The minimum atomic E-state index is -0.568. The van der Waals surface area contributed by atoms with Gasteiger partial charge in [0.05, 0.1) is 28.9 Å². The molecule has 0 radical (unpaired) electrons. The van der Waals surface area contributed by atoms with Crippen LogP contribution in [-0.4, -0.2) is 27.1 Å². The van der Waals surface area contributed by atoms with Gasteiger partial charge in [-0.2, -0.15) is 0 Å². The van der Waals surface area contributed by atoms with E-state index in [-0.39, 0.29) is 30.6 Å². The Morgan fingerprint density at radius 3 is 2.82 bits per heavy atom. The molecular weight excluding hydrogens is 290 g/mol. The largest absolute Gasteiger partial charge is 0.466 e. The second kappa shape index (κ2) is 6.33. The minimum absolute atomic E-state index is 0.0384. The van der Waals surface area contributed by atoms with Crippen LogP contribution in [0.3, 0.4) is 0 Å². The zero-order valence-electron chi connectivity index (χ0n) is 12.2. The number of carbonyl (C=O) groups excluding carboxylic acids is 1. The highest BCUT2D eigenvalue weighted by molar-refractivity contribution is 5.80. The summed E-state index contributed by atoms with van der Waals surface area (Å²) >= 11 is 0. The first-order chi connectivity index (χ1) is 10.4. The minimum Gasteiger partial charge on any atom is -0.466 e. The molecule has 0 aliphatic rings. The molecule has 0 atom stereocenters. The summed E-state index contributed by atoms with van der Waals surface area (Å²) in [5.41, 5.74) is -0.192. The zero-order chi connectivity index (χ0) is 16.3. The molecule has 0 saturated heterocycles. The standard InChI is InChI=1S/C14H15N3O5/c1-3-22-13(18)6-7-16-9(2)15-12-5-4-10(17(20)21)8-11(12)14(16)19/h4-5,8H,3,6-7H2,1-2H3. The zero-order valence-corrected chi connectivity index (χ0v) is 12.2. The Hall–Kier alpha value is -2.77. The summed E-state index contributed by atoms with van der Waals surface area (Å²) in [7, 11) is 0. The molecule has 0 saturated carbocycles. The van der Waals surface area contributed by atoms with Crippen molar-refractivity contribution < 1.29 is 14.5 Å². The fourth-order valence-corrected chi connectivity index (χ4v) is 2.13. The molecule has 8 heteroatoms. The Morgan fingerprint density at radius 1 is 1.45 bits per heavy atom. The third-order valence-corrected chi connectivity index (χ3v) is 3.18. The molecule has 0 unspecified atom stereocenters. The van der Waals surface area contributed by atoms with E-state index in [1.54, 1.807) is 13.8 Å². The van der Waals surface area contributed by atoms with Gasteiger partial charge in [-0.1, -0.05) is 0 Å². The van der Waals surface area contributed by atoms with Gasteiger partial charge in [0.1, 0.15) is 5.82 Å². The number of nitro groups is 1. The van der Waals surface area contributed by atoms with Gasteiger partial charge in [0.25, 0.3) is 11.2 Å². The van der Waals surface area contributed by atoms with Crippen LogP contribution >= 0.6 is 0 Å². The van der Waals surface area contributed by atoms with Crippen molar-refractivity contribution in [3.63, 3.8) is 0 Å². The maximum atomic E-state index is 12.4. The number of benzene rings is 1. The first-order valence-electron chi connectivity index (χ1n) is 6.75. The second-order valence-electron chi connectivity index (χ2n) is 4.63. The summed E-state index contributed by atoms with van der Waals surface area (Å²) in [6, 6.07) is 3.94. The second-order valence-corrected chi connectivity index (χ2v) is 4.63. The van der Waals surface area contributed by atoms with E-state index in [9.17, 15) is 19.7 Å².